The molecular formula is C11H24N2O4S2. The summed E-state index contributed by atoms with van der Waals surface area (Å²) < 4.78 is 36.3. The highest BCUT2D eigenvalue weighted by Crippen LogP contribution is 2.09. The van der Waals surface area contributed by atoms with E-state index in [2.05, 4.69) is 0 Å². The number of sulfonamides is 1. The molecule has 0 aromatic rings. The number of nitrogens with two attached hydrogens (primary N) is 1. The van der Waals surface area contributed by atoms with Crippen LogP contribution >= 0.6 is 12.2 Å². The third kappa shape index (κ3) is 6.62. The first-order chi connectivity index (χ1) is 8.87. The average molecular weight is 312 g/mol. The maximum absolute atomic E-state index is 12.3. The van der Waals surface area contributed by atoms with Crippen LogP contribution in [0, 0.1) is 0 Å². The van der Waals surface area contributed by atoms with Crippen molar-refractivity contribution in [3.05, 3.63) is 0 Å². The van der Waals surface area contributed by atoms with E-state index in [9.17, 15) is 8.42 Å². The zero-order chi connectivity index (χ0) is 14.9. The van der Waals surface area contributed by atoms with Crippen molar-refractivity contribution in [3.8, 4) is 0 Å². The van der Waals surface area contributed by atoms with Gasteiger partial charge >= 0.3 is 0 Å². The Labute approximate surface area is 121 Å². The summed E-state index contributed by atoms with van der Waals surface area (Å²) in [7, 11) is -3.55. The van der Waals surface area contributed by atoms with Crippen LogP contribution in [0.2, 0.25) is 0 Å². The van der Waals surface area contributed by atoms with Crippen LogP contribution in [-0.4, -0.2) is 62.5 Å². The van der Waals surface area contributed by atoms with Crippen molar-refractivity contribution >= 4 is 27.2 Å². The van der Waals surface area contributed by atoms with E-state index in [4.69, 9.17) is 27.4 Å². The van der Waals surface area contributed by atoms with Crippen LogP contribution in [0.1, 0.15) is 20.8 Å². The second-order valence-corrected chi connectivity index (χ2v) is 6.61. The van der Waals surface area contributed by atoms with Crippen LogP contribution in [0.5, 0.6) is 0 Å². The molecular weight excluding hydrogens is 288 g/mol. The molecule has 0 heterocycles. The fraction of sp³-hybridized carbons (Fsp3) is 0.909. The molecule has 19 heavy (non-hydrogen) atoms. The molecule has 8 heteroatoms. The number of thiocarbonyl (C=S) groups is 1. The normalized spacial score (nSPS) is 13.7. The average Bonchev–Trinajstić information content (AvgIpc) is 2.36. The molecule has 0 aromatic carbocycles. The third-order valence-electron chi connectivity index (χ3n) is 2.59. The fourth-order valence-electron chi connectivity index (χ4n) is 1.36. The van der Waals surface area contributed by atoms with Crippen LogP contribution in [0.4, 0.5) is 0 Å². The van der Waals surface area contributed by atoms with Gasteiger partial charge in [0.05, 0.1) is 18.2 Å². The van der Waals surface area contributed by atoms with E-state index in [-0.39, 0.29) is 18.1 Å². The van der Waals surface area contributed by atoms with Gasteiger partial charge in [-0.3, -0.25) is 0 Å². The molecule has 0 bridgehead atoms. The summed E-state index contributed by atoms with van der Waals surface area (Å²) in [6.07, 6.45) is 0. The van der Waals surface area contributed by atoms with E-state index in [1.54, 1.807) is 0 Å². The Balaban J connectivity index is 4.73. The highest BCUT2D eigenvalue weighted by Gasteiger charge is 2.30. The van der Waals surface area contributed by atoms with Gasteiger partial charge in [0.2, 0.25) is 10.0 Å². The Kier molecular flexibility index (Phi) is 9.46. The van der Waals surface area contributed by atoms with Gasteiger partial charge in [-0.2, -0.15) is 4.31 Å². The van der Waals surface area contributed by atoms with Gasteiger partial charge in [-0.25, -0.2) is 8.42 Å². The molecule has 114 valence electrons. The number of ether oxygens (including phenoxy) is 2. The highest BCUT2D eigenvalue weighted by molar-refractivity contribution is 7.92. The predicted molar refractivity (Wildman–Crippen MR) is 79.7 cm³/mol. The van der Waals surface area contributed by atoms with Crippen molar-refractivity contribution in [2.75, 3.05) is 39.5 Å². The first-order valence-electron chi connectivity index (χ1n) is 6.31. The summed E-state index contributed by atoms with van der Waals surface area (Å²) >= 11 is 4.77. The summed E-state index contributed by atoms with van der Waals surface area (Å²) in [4.78, 5) is -0.0298. The standard InChI is InChI=1S/C11H24N2O4S2/c1-4-16-8-6-13(7-9-17-5-2)19(14,15)10(3)11(12)18/h10H,4-9H2,1-3H3,(H2,12,18). The minimum absolute atomic E-state index is 0.0298. The summed E-state index contributed by atoms with van der Waals surface area (Å²) in [5, 5.41) is -0.884. The maximum Gasteiger partial charge on any atom is 0.223 e. The van der Waals surface area contributed by atoms with Gasteiger partial charge in [0, 0.05) is 26.3 Å². The van der Waals surface area contributed by atoms with Gasteiger partial charge in [-0.05, 0) is 20.8 Å². The number of hydrogen-bond acceptors (Lipinski definition) is 5. The SMILES string of the molecule is CCOCCN(CCOCC)S(=O)(=O)C(C)C(N)=S. The van der Waals surface area contributed by atoms with E-state index in [0.29, 0.717) is 26.4 Å². The van der Waals surface area contributed by atoms with Gasteiger partial charge < -0.3 is 15.2 Å². The molecule has 1 atom stereocenters. The Bertz CT molecular complexity index is 350. The molecule has 0 saturated carbocycles. The first kappa shape index (κ1) is 18.7. The molecule has 0 amide bonds. The fourth-order valence-corrected chi connectivity index (χ4v) is 3.12. The Morgan fingerprint density at radius 1 is 1.21 bits per heavy atom. The molecule has 0 fully saturated rings. The minimum atomic E-state index is -3.55. The second-order valence-electron chi connectivity index (χ2n) is 3.88. The topological polar surface area (TPSA) is 81.9 Å². The molecule has 6 nitrogen and oxygen atoms in total. The lowest BCUT2D eigenvalue weighted by Crippen LogP contribution is -2.45. The van der Waals surface area contributed by atoms with Crippen LogP contribution in [0.15, 0.2) is 0 Å². The lowest BCUT2D eigenvalue weighted by atomic mass is 10.5. The lowest BCUT2D eigenvalue weighted by molar-refractivity contribution is 0.110. The van der Waals surface area contributed by atoms with Crippen LogP contribution in [0.25, 0.3) is 0 Å². The van der Waals surface area contributed by atoms with Gasteiger partial charge in [-0.1, -0.05) is 12.2 Å². The summed E-state index contributed by atoms with van der Waals surface area (Å²) in [6.45, 7) is 7.53. The molecule has 0 rings (SSSR count). The van der Waals surface area contributed by atoms with Gasteiger partial charge in [0.25, 0.3) is 0 Å². The molecule has 0 aromatic heterocycles. The second kappa shape index (κ2) is 9.60. The van der Waals surface area contributed by atoms with Crippen molar-refractivity contribution in [1.82, 2.24) is 4.31 Å². The van der Waals surface area contributed by atoms with Crippen LogP contribution < -0.4 is 5.73 Å². The van der Waals surface area contributed by atoms with Crippen LogP contribution in [-0.2, 0) is 19.5 Å². The molecule has 0 aliphatic carbocycles. The van der Waals surface area contributed by atoms with Crippen molar-refractivity contribution in [1.29, 1.82) is 0 Å². The minimum Gasteiger partial charge on any atom is -0.392 e. The Morgan fingerprint density at radius 2 is 1.63 bits per heavy atom. The summed E-state index contributed by atoms with van der Waals surface area (Å²) in [6, 6.07) is 0. The quantitative estimate of drug-likeness (QED) is 0.438. The number of nitrogens with zero attached hydrogens (tertiary/aromatic N) is 1. The van der Waals surface area contributed by atoms with Crippen molar-refractivity contribution in [2.45, 2.75) is 26.0 Å². The third-order valence-corrected chi connectivity index (χ3v) is 5.32. The zero-order valence-corrected chi connectivity index (χ0v) is 13.4. The van der Waals surface area contributed by atoms with Gasteiger partial charge in [0.1, 0.15) is 5.25 Å². The summed E-state index contributed by atoms with van der Waals surface area (Å²) in [5.41, 5.74) is 5.43. The van der Waals surface area contributed by atoms with Crippen molar-refractivity contribution < 1.29 is 17.9 Å². The number of hydrogen-bond donors (Lipinski definition) is 1. The maximum atomic E-state index is 12.3. The molecule has 0 aliphatic rings. The molecule has 0 radical (unpaired) electrons. The van der Waals surface area contributed by atoms with E-state index in [0.717, 1.165) is 0 Å². The zero-order valence-electron chi connectivity index (χ0n) is 11.8. The molecule has 0 saturated heterocycles. The van der Waals surface area contributed by atoms with E-state index < -0.39 is 15.3 Å². The monoisotopic (exact) mass is 312 g/mol. The predicted octanol–water partition coefficient (Wildman–Crippen LogP) is 0.366. The smallest absolute Gasteiger partial charge is 0.223 e. The first-order valence-corrected chi connectivity index (χ1v) is 8.22. The van der Waals surface area contributed by atoms with Crippen molar-refractivity contribution in [3.63, 3.8) is 0 Å². The van der Waals surface area contributed by atoms with E-state index in [1.165, 1.54) is 11.2 Å². The van der Waals surface area contributed by atoms with Gasteiger partial charge in [0.15, 0.2) is 0 Å². The highest BCUT2D eigenvalue weighted by atomic mass is 32.2. The van der Waals surface area contributed by atoms with E-state index >= 15 is 0 Å². The summed E-state index contributed by atoms with van der Waals surface area (Å²) in [5.74, 6) is 0. The molecule has 2 N–H and O–H groups in total. The van der Waals surface area contributed by atoms with Crippen molar-refractivity contribution in [2.24, 2.45) is 5.73 Å². The van der Waals surface area contributed by atoms with E-state index in [1.807, 2.05) is 13.8 Å². The van der Waals surface area contributed by atoms with Gasteiger partial charge in [-0.15, -0.1) is 0 Å². The lowest BCUT2D eigenvalue weighted by Gasteiger charge is -2.25. The molecule has 1 unspecified atom stereocenters. The molecule has 0 spiro atoms. The largest absolute Gasteiger partial charge is 0.392 e. The van der Waals surface area contributed by atoms with Crippen LogP contribution in [0.3, 0.4) is 0 Å². The molecule has 0 aliphatic heterocycles. The number of rotatable bonds is 11. The Hall–Kier alpha value is -0.280. The Morgan fingerprint density at radius 3 is 1.95 bits per heavy atom.